The predicted molar refractivity (Wildman–Crippen MR) is 150 cm³/mol. The second kappa shape index (κ2) is 10.1. The van der Waals surface area contributed by atoms with Gasteiger partial charge in [0.15, 0.2) is 5.82 Å². The molecule has 37 heavy (non-hydrogen) atoms. The summed E-state index contributed by atoms with van der Waals surface area (Å²) in [5.74, 6) is 1.49. The highest BCUT2D eigenvalue weighted by molar-refractivity contribution is 9.10. The van der Waals surface area contributed by atoms with Crippen molar-refractivity contribution in [1.82, 2.24) is 14.8 Å². The Hall–Kier alpha value is -4.11. The molecule has 3 aromatic carbocycles. The molecule has 1 unspecified atom stereocenters. The molecular formula is C28H27BrN6O2. The van der Waals surface area contributed by atoms with Crippen molar-refractivity contribution in [3.8, 4) is 17.1 Å². The van der Waals surface area contributed by atoms with Gasteiger partial charge >= 0.3 is 0 Å². The zero-order chi connectivity index (χ0) is 26.1. The standard InChI is InChI=1S/C28H27BrN6O2/c1-17-24(27(36)31-22-7-5-6-8-23(22)37-4)25(18-9-13-20(29)14-10-18)35-28(30-17)32-26(33-35)19-11-15-21(16-12-19)34(2)3/h5-16,25H,1-4H3,(H,31,36)(H,30,32,33). The Morgan fingerprint density at radius 3 is 2.43 bits per heavy atom. The number of anilines is 3. The second-order valence-corrected chi connectivity index (χ2v) is 9.83. The summed E-state index contributed by atoms with van der Waals surface area (Å²) >= 11 is 3.51. The fourth-order valence-electron chi connectivity index (χ4n) is 4.37. The third-order valence-corrected chi connectivity index (χ3v) is 6.81. The molecule has 188 valence electrons. The maximum Gasteiger partial charge on any atom is 0.255 e. The van der Waals surface area contributed by atoms with E-state index in [-0.39, 0.29) is 5.91 Å². The molecule has 4 aromatic rings. The van der Waals surface area contributed by atoms with Gasteiger partial charge in [-0.2, -0.15) is 4.98 Å². The normalized spacial score (nSPS) is 14.6. The van der Waals surface area contributed by atoms with Crippen molar-refractivity contribution < 1.29 is 9.53 Å². The highest BCUT2D eigenvalue weighted by Crippen LogP contribution is 2.38. The van der Waals surface area contributed by atoms with Gasteiger partial charge in [-0.1, -0.05) is 40.2 Å². The summed E-state index contributed by atoms with van der Waals surface area (Å²) in [6.07, 6.45) is 0. The number of nitrogens with one attached hydrogen (secondary N) is 2. The molecule has 1 amide bonds. The number of para-hydroxylation sites is 2. The van der Waals surface area contributed by atoms with Crippen LogP contribution in [0.3, 0.4) is 0 Å². The summed E-state index contributed by atoms with van der Waals surface area (Å²) in [7, 11) is 5.58. The van der Waals surface area contributed by atoms with Crippen LogP contribution in [0.4, 0.5) is 17.3 Å². The van der Waals surface area contributed by atoms with Crippen LogP contribution in [0.5, 0.6) is 5.75 Å². The number of aromatic nitrogens is 3. The van der Waals surface area contributed by atoms with E-state index in [0.717, 1.165) is 21.3 Å². The van der Waals surface area contributed by atoms with Crippen molar-refractivity contribution in [2.45, 2.75) is 13.0 Å². The summed E-state index contributed by atoms with van der Waals surface area (Å²) in [5.41, 5.74) is 4.73. The average Bonchev–Trinajstić information content (AvgIpc) is 3.32. The highest BCUT2D eigenvalue weighted by atomic mass is 79.9. The molecule has 9 heteroatoms. The summed E-state index contributed by atoms with van der Waals surface area (Å²) in [6, 6.07) is 22.8. The van der Waals surface area contributed by atoms with E-state index in [4.69, 9.17) is 14.8 Å². The Morgan fingerprint density at radius 2 is 1.76 bits per heavy atom. The summed E-state index contributed by atoms with van der Waals surface area (Å²) < 4.78 is 8.17. The molecule has 1 atom stereocenters. The van der Waals surface area contributed by atoms with Crippen LogP contribution in [0.1, 0.15) is 18.5 Å². The van der Waals surface area contributed by atoms with E-state index in [2.05, 4.69) is 26.6 Å². The Kier molecular flexibility index (Phi) is 6.71. The van der Waals surface area contributed by atoms with Gasteiger partial charge in [-0.3, -0.25) is 4.79 Å². The van der Waals surface area contributed by atoms with E-state index in [1.165, 1.54) is 0 Å². The zero-order valence-electron chi connectivity index (χ0n) is 21.0. The summed E-state index contributed by atoms with van der Waals surface area (Å²) in [6.45, 7) is 1.88. The average molecular weight is 559 g/mol. The summed E-state index contributed by atoms with van der Waals surface area (Å²) in [4.78, 5) is 20.6. The number of hydrogen-bond acceptors (Lipinski definition) is 6. The molecule has 0 saturated heterocycles. The van der Waals surface area contributed by atoms with E-state index in [1.807, 2.05) is 98.7 Å². The highest BCUT2D eigenvalue weighted by Gasteiger charge is 2.34. The van der Waals surface area contributed by atoms with Crippen LogP contribution in [0.2, 0.25) is 0 Å². The number of carbonyl (C=O) groups is 1. The second-order valence-electron chi connectivity index (χ2n) is 8.92. The van der Waals surface area contributed by atoms with Gasteiger partial charge in [-0.25, -0.2) is 4.68 Å². The van der Waals surface area contributed by atoms with Crippen LogP contribution in [0, 0.1) is 0 Å². The van der Waals surface area contributed by atoms with E-state index >= 15 is 0 Å². The van der Waals surface area contributed by atoms with Gasteiger partial charge in [0.25, 0.3) is 5.91 Å². The third-order valence-electron chi connectivity index (χ3n) is 6.28. The van der Waals surface area contributed by atoms with Crippen molar-refractivity contribution in [3.05, 3.63) is 94.1 Å². The lowest BCUT2D eigenvalue weighted by Gasteiger charge is -2.29. The van der Waals surface area contributed by atoms with Gasteiger partial charge in [-0.15, -0.1) is 5.10 Å². The van der Waals surface area contributed by atoms with Gasteiger partial charge in [-0.05, 0) is 61.0 Å². The molecule has 8 nitrogen and oxygen atoms in total. The van der Waals surface area contributed by atoms with Crippen LogP contribution >= 0.6 is 15.9 Å². The van der Waals surface area contributed by atoms with Gasteiger partial charge in [0.1, 0.15) is 11.8 Å². The minimum absolute atomic E-state index is 0.250. The van der Waals surface area contributed by atoms with Crippen LogP contribution in [0.15, 0.2) is 88.5 Å². The topological polar surface area (TPSA) is 84.3 Å². The number of halogens is 1. The summed E-state index contributed by atoms with van der Waals surface area (Å²) in [5, 5.41) is 11.2. The van der Waals surface area contributed by atoms with E-state index < -0.39 is 6.04 Å². The lowest BCUT2D eigenvalue weighted by atomic mass is 9.95. The Balaban J connectivity index is 1.57. The molecule has 0 radical (unpaired) electrons. The lowest BCUT2D eigenvalue weighted by Crippen LogP contribution is -2.31. The van der Waals surface area contributed by atoms with Gasteiger partial charge in [0.05, 0.1) is 18.4 Å². The fraction of sp³-hybridized carbons (Fsp3) is 0.179. The minimum atomic E-state index is -0.485. The molecule has 1 aromatic heterocycles. The van der Waals surface area contributed by atoms with E-state index in [1.54, 1.807) is 11.8 Å². The van der Waals surface area contributed by atoms with E-state index in [0.29, 0.717) is 34.5 Å². The van der Waals surface area contributed by atoms with Gasteiger partial charge < -0.3 is 20.3 Å². The first-order valence-electron chi connectivity index (χ1n) is 11.8. The molecule has 1 aliphatic rings. The number of carbonyl (C=O) groups excluding carboxylic acids is 1. The molecule has 0 bridgehead atoms. The number of methoxy groups -OCH3 is 1. The van der Waals surface area contributed by atoms with Crippen LogP contribution in [-0.2, 0) is 4.79 Å². The third kappa shape index (κ3) is 4.82. The van der Waals surface area contributed by atoms with Crippen LogP contribution in [0.25, 0.3) is 11.4 Å². The van der Waals surface area contributed by atoms with Crippen LogP contribution in [-0.4, -0.2) is 41.9 Å². The molecule has 1 aliphatic heterocycles. The minimum Gasteiger partial charge on any atom is -0.495 e. The number of amides is 1. The molecule has 0 aliphatic carbocycles. The van der Waals surface area contributed by atoms with Crippen molar-refractivity contribution in [3.63, 3.8) is 0 Å². The molecule has 0 fully saturated rings. The Morgan fingerprint density at radius 1 is 1.05 bits per heavy atom. The van der Waals surface area contributed by atoms with Crippen molar-refractivity contribution in [2.24, 2.45) is 0 Å². The maximum absolute atomic E-state index is 13.7. The first-order chi connectivity index (χ1) is 17.9. The van der Waals surface area contributed by atoms with E-state index in [9.17, 15) is 4.79 Å². The molecule has 2 N–H and O–H groups in total. The fourth-order valence-corrected chi connectivity index (χ4v) is 4.63. The number of hydrogen-bond donors (Lipinski definition) is 2. The van der Waals surface area contributed by atoms with Gasteiger partial charge in [0, 0.05) is 35.5 Å². The lowest BCUT2D eigenvalue weighted by molar-refractivity contribution is -0.113. The van der Waals surface area contributed by atoms with Crippen molar-refractivity contribution >= 4 is 39.2 Å². The monoisotopic (exact) mass is 558 g/mol. The number of rotatable bonds is 6. The van der Waals surface area contributed by atoms with Crippen molar-refractivity contribution in [1.29, 1.82) is 0 Å². The number of fused-ring (bicyclic) bond motifs is 1. The molecular weight excluding hydrogens is 532 g/mol. The SMILES string of the molecule is COc1ccccc1NC(=O)C1=C(C)Nc2nc(-c3ccc(N(C)C)cc3)nn2C1c1ccc(Br)cc1. The number of nitrogens with zero attached hydrogens (tertiary/aromatic N) is 4. The smallest absolute Gasteiger partial charge is 0.255 e. The maximum atomic E-state index is 13.7. The van der Waals surface area contributed by atoms with Crippen LogP contribution < -0.4 is 20.3 Å². The van der Waals surface area contributed by atoms with Crippen molar-refractivity contribution in [2.75, 3.05) is 36.7 Å². The number of allylic oxidation sites excluding steroid dienone is 1. The first kappa shape index (κ1) is 24.6. The molecule has 0 spiro atoms. The Bertz CT molecular complexity index is 1480. The number of ether oxygens (including phenoxy) is 1. The number of benzene rings is 3. The zero-order valence-corrected chi connectivity index (χ0v) is 22.6. The molecule has 0 saturated carbocycles. The predicted octanol–water partition coefficient (Wildman–Crippen LogP) is 5.71. The van der Waals surface area contributed by atoms with Gasteiger partial charge in [0.2, 0.25) is 5.95 Å². The quantitative estimate of drug-likeness (QED) is 0.315. The molecule has 5 rings (SSSR count). The Labute approximate surface area is 224 Å². The molecule has 2 heterocycles. The first-order valence-corrected chi connectivity index (χ1v) is 12.6. The largest absolute Gasteiger partial charge is 0.495 e.